The molecule has 2 heterocycles. The minimum absolute atomic E-state index is 0.114. The van der Waals surface area contributed by atoms with Gasteiger partial charge < -0.3 is 20.3 Å². The van der Waals surface area contributed by atoms with Crippen LogP contribution in [0, 0.1) is 0 Å². The van der Waals surface area contributed by atoms with E-state index in [1.807, 2.05) is 0 Å². The predicted octanol–water partition coefficient (Wildman–Crippen LogP) is 0.0410. The Morgan fingerprint density at radius 2 is 1.84 bits per heavy atom. The number of sulfonamides is 1. The average molecular weight is 517 g/mol. The zero-order chi connectivity index (χ0) is 22.4. The monoisotopic (exact) mass is 516 g/mol. The van der Waals surface area contributed by atoms with Gasteiger partial charge in [0.1, 0.15) is 6.23 Å². The van der Waals surface area contributed by atoms with Gasteiger partial charge in [-0.25, -0.2) is 8.42 Å². The van der Waals surface area contributed by atoms with E-state index in [1.165, 1.54) is 16.4 Å². The maximum absolute atomic E-state index is 12.9. The maximum atomic E-state index is 12.9. The third kappa shape index (κ3) is 6.03. The number of benzene rings is 1. The average Bonchev–Trinajstić information content (AvgIpc) is 3.38. The van der Waals surface area contributed by atoms with Crippen molar-refractivity contribution in [3.05, 3.63) is 28.7 Å². The van der Waals surface area contributed by atoms with Crippen LogP contribution in [0.5, 0.6) is 0 Å². The molecule has 0 radical (unpaired) electrons. The van der Waals surface area contributed by atoms with Crippen LogP contribution in [0.4, 0.5) is 0 Å². The lowest BCUT2D eigenvalue weighted by atomic mass is 10.3. The van der Waals surface area contributed by atoms with Gasteiger partial charge in [-0.15, -0.1) is 0 Å². The molecule has 3 amide bonds. The van der Waals surface area contributed by atoms with Crippen molar-refractivity contribution >= 4 is 43.7 Å². The first-order chi connectivity index (χ1) is 14.8. The number of nitrogens with one attached hydrogen (secondary N) is 2. The van der Waals surface area contributed by atoms with E-state index in [1.54, 1.807) is 17.0 Å². The fraction of sp³-hybridized carbons (Fsp3) is 0.526. The van der Waals surface area contributed by atoms with Gasteiger partial charge in [-0.2, -0.15) is 4.31 Å². The second-order valence-corrected chi connectivity index (χ2v) is 10.0. The molecule has 1 atom stereocenters. The highest BCUT2D eigenvalue weighted by molar-refractivity contribution is 9.10. The lowest BCUT2D eigenvalue weighted by Crippen LogP contribution is -2.47. The Labute approximate surface area is 189 Å². The minimum atomic E-state index is -3.80. The summed E-state index contributed by atoms with van der Waals surface area (Å²) in [4.78, 5) is 37.4. The number of hydrogen-bond acceptors (Lipinski definition) is 6. The van der Waals surface area contributed by atoms with Crippen LogP contribution in [0.1, 0.15) is 19.3 Å². The highest BCUT2D eigenvalue weighted by Gasteiger charge is 2.36. The summed E-state index contributed by atoms with van der Waals surface area (Å²) in [7, 11) is -3.80. The molecule has 0 saturated carbocycles. The van der Waals surface area contributed by atoms with Gasteiger partial charge >= 0.3 is 11.8 Å². The molecule has 12 heteroatoms. The van der Waals surface area contributed by atoms with Crippen molar-refractivity contribution in [2.24, 2.45) is 0 Å². The number of carbonyl (C=O) groups excluding carboxylic acids is 3. The predicted molar refractivity (Wildman–Crippen MR) is 114 cm³/mol. The molecule has 170 valence electrons. The van der Waals surface area contributed by atoms with Crippen molar-refractivity contribution in [2.75, 3.05) is 39.3 Å². The Morgan fingerprint density at radius 3 is 2.52 bits per heavy atom. The standard InChI is InChI=1S/C19H25BrN4O6S/c20-14-4-6-15(7-5-14)31(28,29)24-11-12-30-17(24)13-22-19(27)18(26)21-8-2-10-23-9-1-3-16(23)25/h4-7,17H,1-3,8-13H2,(H,21,26)(H,22,27)/t17-/m0/s1. The van der Waals surface area contributed by atoms with Crippen LogP contribution in [0.25, 0.3) is 0 Å². The van der Waals surface area contributed by atoms with Crippen LogP contribution in [-0.2, 0) is 29.1 Å². The van der Waals surface area contributed by atoms with E-state index in [0.717, 1.165) is 17.4 Å². The van der Waals surface area contributed by atoms with E-state index < -0.39 is 28.1 Å². The number of likely N-dealkylation sites (tertiary alicyclic amines) is 1. The number of rotatable bonds is 8. The zero-order valence-electron chi connectivity index (χ0n) is 16.9. The Kier molecular flexibility index (Phi) is 8.03. The van der Waals surface area contributed by atoms with Crippen molar-refractivity contribution in [2.45, 2.75) is 30.4 Å². The van der Waals surface area contributed by atoms with Crippen LogP contribution in [0.2, 0.25) is 0 Å². The molecule has 1 aromatic rings. The first-order valence-electron chi connectivity index (χ1n) is 10.0. The number of nitrogens with zero attached hydrogens (tertiary/aromatic N) is 2. The normalized spacial score (nSPS) is 19.6. The highest BCUT2D eigenvalue weighted by atomic mass is 79.9. The molecule has 31 heavy (non-hydrogen) atoms. The van der Waals surface area contributed by atoms with Crippen LogP contribution >= 0.6 is 15.9 Å². The molecule has 10 nitrogen and oxygen atoms in total. The largest absolute Gasteiger partial charge is 0.359 e. The second kappa shape index (κ2) is 10.5. The summed E-state index contributed by atoms with van der Waals surface area (Å²) in [6, 6.07) is 6.22. The van der Waals surface area contributed by atoms with E-state index in [-0.39, 0.29) is 37.0 Å². The molecule has 0 unspecified atom stereocenters. The number of halogens is 1. The lowest BCUT2D eigenvalue weighted by Gasteiger charge is -2.22. The van der Waals surface area contributed by atoms with E-state index in [4.69, 9.17) is 4.74 Å². The van der Waals surface area contributed by atoms with Gasteiger partial charge in [-0.1, -0.05) is 15.9 Å². The molecule has 0 spiro atoms. The summed E-state index contributed by atoms with van der Waals surface area (Å²) in [5, 5.41) is 4.93. The first kappa shape index (κ1) is 23.6. The number of carbonyl (C=O) groups is 3. The smallest absolute Gasteiger partial charge is 0.309 e. The van der Waals surface area contributed by atoms with Crippen LogP contribution in [-0.4, -0.2) is 80.9 Å². The molecule has 2 saturated heterocycles. The maximum Gasteiger partial charge on any atom is 0.309 e. The minimum Gasteiger partial charge on any atom is -0.359 e. The Bertz CT molecular complexity index is 924. The summed E-state index contributed by atoms with van der Waals surface area (Å²) in [5.41, 5.74) is 0. The molecule has 2 aliphatic rings. The molecular formula is C19H25BrN4O6S. The third-order valence-electron chi connectivity index (χ3n) is 5.07. The molecular weight excluding hydrogens is 492 g/mol. The number of hydrogen-bond donors (Lipinski definition) is 2. The topological polar surface area (TPSA) is 125 Å². The Hall–Kier alpha value is -2.02. The van der Waals surface area contributed by atoms with Gasteiger partial charge in [0.25, 0.3) is 0 Å². The van der Waals surface area contributed by atoms with Crippen molar-refractivity contribution in [3.8, 4) is 0 Å². The third-order valence-corrected chi connectivity index (χ3v) is 7.50. The van der Waals surface area contributed by atoms with Gasteiger partial charge in [0.15, 0.2) is 0 Å². The molecule has 0 aromatic heterocycles. The van der Waals surface area contributed by atoms with Crippen molar-refractivity contribution in [1.29, 1.82) is 0 Å². The highest BCUT2D eigenvalue weighted by Crippen LogP contribution is 2.23. The van der Waals surface area contributed by atoms with Gasteiger partial charge in [0.05, 0.1) is 18.0 Å². The molecule has 3 rings (SSSR count). The molecule has 0 bridgehead atoms. The summed E-state index contributed by atoms with van der Waals surface area (Å²) in [6.07, 6.45) is 1.07. The quantitative estimate of drug-likeness (QED) is 0.371. The molecule has 1 aromatic carbocycles. The zero-order valence-corrected chi connectivity index (χ0v) is 19.3. The lowest BCUT2D eigenvalue weighted by molar-refractivity contribution is -0.139. The molecule has 2 fully saturated rings. The fourth-order valence-corrected chi connectivity index (χ4v) is 5.21. The Morgan fingerprint density at radius 1 is 1.13 bits per heavy atom. The summed E-state index contributed by atoms with van der Waals surface area (Å²) >= 11 is 3.27. The summed E-state index contributed by atoms with van der Waals surface area (Å²) < 4.78 is 33.1. The number of ether oxygens (including phenoxy) is 1. The van der Waals surface area contributed by atoms with Crippen molar-refractivity contribution in [3.63, 3.8) is 0 Å². The second-order valence-electron chi connectivity index (χ2n) is 7.20. The van der Waals surface area contributed by atoms with Gasteiger partial charge in [0.2, 0.25) is 15.9 Å². The van der Waals surface area contributed by atoms with Crippen molar-refractivity contribution in [1.82, 2.24) is 19.8 Å². The molecule has 0 aliphatic carbocycles. The fourth-order valence-electron chi connectivity index (χ4n) is 3.44. The van der Waals surface area contributed by atoms with E-state index >= 15 is 0 Å². The summed E-state index contributed by atoms with van der Waals surface area (Å²) in [6.45, 7) is 1.73. The van der Waals surface area contributed by atoms with Gasteiger partial charge in [-0.05, 0) is 37.1 Å². The number of amides is 3. The Balaban J connectivity index is 1.44. The van der Waals surface area contributed by atoms with Gasteiger partial charge in [-0.3, -0.25) is 14.4 Å². The van der Waals surface area contributed by atoms with E-state index in [0.29, 0.717) is 19.4 Å². The van der Waals surface area contributed by atoms with E-state index in [2.05, 4.69) is 26.6 Å². The SMILES string of the molecule is O=C(NCCCN1CCCC1=O)C(=O)NC[C@@H]1OCCN1S(=O)(=O)c1ccc(Br)cc1. The van der Waals surface area contributed by atoms with Crippen LogP contribution in [0.3, 0.4) is 0 Å². The summed E-state index contributed by atoms with van der Waals surface area (Å²) in [5.74, 6) is -1.56. The molecule has 2 aliphatic heterocycles. The first-order valence-corrected chi connectivity index (χ1v) is 12.2. The van der Waals surface area contributed by atoms with E-state index in [9.17, 15) is 22.8 Å². The van der Waals surface area contributed by atoms with Gasteiger partial charge in [0, 0.05) is 37.1 Å². The molecule has 2 N–H and O–H groups in total. The van der Waals surface area contributed by atoms with Crippen LogP contribution in [0.15, 0.2) is 33.6 Å². The van der Waals surface area contributed by atoms with Crippen molar-refractivity contribution < 1.29 is 27.5 Å². The van der Waals surface area contributed by atoms with Crippen LogP contribution < -0.4 is 10.6 Å².